The van der Waals surface area contributed by atoms with Gasteiger partial charge in [0.1, 0.15) is 0 Å². The van der Waals surface area contributed by atoms with Gasteiger partial charge in [-0.15, -0.1) is 0 Å². The van der Waals surface area contributed by atoms with Crippen molar-refractivity contribution >= 4 is 11.9 Å². The number of hydrogen-bond acceptors (Lipinski definition) is 4. The molecular formula is C22H27NO4. The van der Waals surface area contributed by atoms with E-state index in [1.807, 2.05) is 12.1 Å². The molecule has 0 aliphatic heterocycles. The number of ether oxygens (including phenoxy) is 1. The van der Waals surface area contributed by atoms with E-state index in [1.165, 1.54) is 13.4 Å². The highest BCUT2D eigenvalue weighted by Crippen LogP contribution is 2.27. The molecule has 0 bridgehead atoms. The Balaban J connectivity index is 2.35. The van der Waals surface area contributed by atoms with Gasteiger partial charge in [0.15, 0.2) is 5.76 Å². The summed E-state index contributed by atoms with van der Waals surface area (Å²) in [5, 5.41) is 3.08. The SMILES string of the molecule is CCC/C=C(\CCC)C(NC(=O)c1ccco1)c1ccc(C(=O)OC)cc1. The molecule has 5 heteroatoms. The third kappa shape index (κ3) is 5.58. The van der Waals surface area contributed by atoms with Gasteiger partial charge < -0.3 is 14.5 Å². The molecule has 0 radical (unpaired) electrons. The predicted molar refractivity (Wildman–Crippen MR) is 105 cm³/mol. The van der Waals surface area contributed by atoms with Crippen LogP contribution in [0.25, 0.3) is 0 Å². The first kappa shape index (κ1) is 20.5. The quantitative estimate of drug-likeness (QED) is 0.495. The molecule has 0 saturated carbocycles. The van der Waals surface area contributed by atoms with E-state index in [-0.39, 0.29) is 23.7 Å². The molecule has 2 aromatic rings. The Morgan fingerprint density at radius 3 is 2.44 bits per heavy atom. The second-order valence-corrected chi connectivity index (χ2v) is 6.32. The van der Waals surface area contributed by atoms with Gasteiger partial charge in [0.25, 0.3) is 5.91 Å². The number of rotatable bonds is 9. The smallest absolute Gasteiger partial charge is 0.337 e. The van der Waals surface area contributed by atoms with Crippen LogP contribution in [0.1, 0.15) is 72.0 Å². The van der Waals surface area contributed by atoms with E-state index in [0.29, 0.717) is 5.56 Å². The van der Waals surface area contributed by atoms with Crippen LogP contribution in [0.3, 0.4) is 0 Å². The molecule has 0 fully saturated rings. The van der Waals surface area contributed by atoms with Crippen molar-refractivity contribution in [2.75, 3.05) is 7.11 Å². The molecule has 0 spiro atoms. The number of esters is 1. The third-order valence-electron chi connectivity index (χ3n) is 4.29. The maximum Gasteiger partial charge on any atom is 0.337 e. The van der Waals surface area contributed by atoms with Crippen LogP contribution >= 0.6 is 0 Å². The molecule has 0 aliphatic rings. The van der Waals surface area contributed by atoms with Gasteiger partial charge in [-0.1, -0.05) is 44.9 Å². The number of carbonyl (C=O) groups is 2. The van der Waals surface area contributed by atoms with Crippen LogP contribution in [0.15, 0.2) is 58.7 Å². The topological polar surface area (TPSA) is 68.5 Å². The number of carbonyl (C=O) groups excluding carboxylic acids is 2. The number of benzene rings is 1. The van der Waals surface area contributed by atoms with Crippen molar-refractivity contribution in [1.82, 2.24) is 5.32 Å². The number of hydrogen-bond donors (Lipinski definition) is 1. The molecule has 144 valence electrons. The summed E-state index contributed by atoms with van der Waals surface area (Å²) in [7, 11) is 1.36. The zero-order chi connectivity index (χ0) is 19.6. The highest BCUT2D eigenvalue weighted by molar-refractivity contribution is 5.92. The van der Waals surface area contributed by atoms with Crippen molar-refractivity contribution in [2.45, 2.75) is 45.6 Å². The number of nitrogens with one attached hydrogen (secondary N) is 1. The Labute approximate surface area is 160 Å². The first-order valence-corrected chi connectivity index (χ1v) is 9.32. The van der Waals surface area contributed by atoms with Crippen molar-refractivity contribution in [1.29, 1.82) is 0 Å². The van der Waals surface area contributed by atoms with Gasteiger partial charge in [-0.2, -0.15) is 0 Å². The lowest BCUT2D eigenvalue weighted by molar-refractivity contribution is 0.0600. The standard InChI is InChI=1S/C22H27NO4/c1-4-6-9-16(8-5-2)20(23-21(24)19-10-7-15-27-19)17-11-13-18(14-12-17)22(25)26-3/h7,9-15,20H,4-6,8H2,1-3H3,(H,23,24)/b16-9+. The van der Waals surface area contributed by atoms with Crippen LogP contribution in [-0.2, 0) is 4.74 Å². The molecule has 1 amide bonds. The monoisotopic (exact) mass is 369 g/mol. The molecule has 1 heterocycles. The minimum atomic E-state index is -0.381. The molecule has 27 heavy (non-hydrogen) atoms. The van der Waals surface area contributed by atoms with Gasteiger partial charge in [0, 0.05) is 0 Å². The van der Waals surface area contributed by atoms with Gasteiger partial charge in [0.2, 0.25) is 0 Å². The van der Waals surface area contributed by atoms with E-state index in [2.05, 4.69) is 25.2 Å². The molecule has 1 aromatic heterocycles. The molecule has 1 aromatic carbocycles. The number of amides is 1. The number of methoxy groups -OCH3 is 1. The summed E-state index contributed by atoms with van der Waals surface area (Å²) < 4.78 is 9.98. The lowest BCUT2D eigenvalue weighted by Gasteiger charge is -2.22. The minimum absolute atomic E-state index is 0.263. The number of furan rings is 1. The molecule has 5 nitrogen and oxygen atoms in total. The molecule has 0 saturated heterocycles. The van der Waals surface area contributed by atoms with E-state index >= 15 is 0 Å². The fourth-order valence-corrected chi connectivity index (χ4v) is 2.91. The molecular weight excluding hydrogens is 342 g/mol. The zero-order valence-corrected chi connectivity index (χ0v) is 16.2. The van der Waals surface area contributed by atoms with Crippen molar-refractivity contribution in [3.63, 3.8) is 0 Å². The highest BCUT2D eigenvalue weighted by atomic mass is 16.5. The van der Waals surface area contributed by atoms with Crippen molar-refractivity contribution in [3.05, 3.63) is 71.2 Å². The van der Waals surface area contributed by atoms with Crippen LogP contribution < -0.4 is 5.32 Å². The van der Waals surface area contributed by atoms with Crippen LogP contribution in [0.5, 0.6) is 0 Å². The van der Waals surface area contributed by atoms with Gasteiger partial charge in [0.05, 0.1) is 25.0 Å². The van der Waals surface area contributed by atoms with Crippen molar-refractivity contribution in [2.24, 2.45) is 0 Å². The fraction of sp³-hybridized carbons (Fsp3) is 0.364. The first-order chi connectivity index (χ1) is 13.1. The van der Waals surface area contributed by atoms with Crippen molar-refractivity contribution < 1.29 is 18.7 Å². The van der Waals surface area contributed by atoms with E-state index < -0.39 is 0 Å². The van der Waals surface area contributed by atoms with Gasteiger partial charge in [-0.3, -0.25) is 4.79 Å². The maximum absolute atomic E-state index is 12.6. The highest BCUT2D eigenvalue weighted by Gasteiger charge is 2.21. The number of unbranched alkanes of at least 4 members (excludes halogenated alkanes) is 1. The van der Waals surface area contributed by atoms with E-state index in [1.54, 1.807) is 24.3 Å². The molecule has 1 N–H and O–H groups in total. The predicted octanol–water partition coefficient (Wildman–Crippen LogP) is 5.06. The summed E-state index contributed by atoms with van der Waals surface area (Å²) in [6.45, 7) is 4.24. The molecule has 1 unspecified atom stereocenters. The Bertz CT molecular complexity index is 760. The van der Waals surface area contributed by atoms with Crippen LogP contribution in [0.4, 0.5) is 0 Å². The second-order valence-electron chi connectivity index (χ2n) is 6.32. The van der Waals surface area contributed by atoms with Crippen LogP contribution in [0, 0.1) is 0 Å². The summed E-state index contributed by atoms with van der Waals surface area (Å²) >= 11 is 0. The summed E-state index contributed by atoms with van der Waals surface area (Å²) in [4.78, 5) is 24.3. The van der Waals surface area contributed by atoms with E-state index in [0.717, 1.165) is 36.8 Å². The molecule has 0 aliphatic carbocycles. The normalized spacial score (nSPS) is 12.5. The average molecular weight is 369 g/mol. The third-order valence-corrected chi connectivity index (χ3v) is 4.29. The molecule has 1 atom stereocenters. The number of allylic oxidation sites excluding steroid dienone is 1. The largest absolute Gasteiger partial charge is 0.465 e. The molecule has 2 rings (SSSR count). The van der Waals surface area contributed by atoms with Crippen LogP contribution in [0.2, 0.25) is 0 Å². The summed E-state index contributed by atoms with van der Waals surface area (Å²) in [5.41, 5.74) is 2.55. The Morgan fingerprint density at radius 1 is 1.15 bits per heavy atom. The van der Waals surface area contributed by atoms with E-state index in [4.69, 9.17) is 9.15 Å². The lowest BCUT2D eigenvalue weighted by atomic mass is 9.93. The minimum Gasteiger partial charge on any atom is -0.465 e. The Hall–Kier alpha value is -2.82. The second kappa shape index (κ2) is 10.4. The summed E-state index contributed by atoms with van der Waals surface area (Å²) in [6, 6.07) is 10.2. The Kier molecular flexibility index (Phi) is 7.86. The lowest BCUT2D eigenvalue weighted by Crippen LogP contribution is -2.29. The summed E-state index contributed by atoms with van der Waals surface area (Å²) in [6.07, 6.45) is 7.51. The van der Waals surface area contributed by atoms with Crippen LogP contribution in [-0.4, -0.2) is 19.0 Å². The van der Waals surface area contributed by atoms with Gasteiger partial charge in [-0.25, -0.2) is 4.79 Å². The maximum atomic E-state index is 12.6. The average Bonchev–Trinajstić information content (AvgIpc) is 3.24. The van der Waals surface area contributed by atoms with Gasteiger partial charge >= 0.3 is 5.97 Å². The Morgan fingerprint density at radius 2 is 1.89 bits per heavy atom. The zero-order valence-electron chi connectivity index (χ0n) is 16.2. The fourth-order valence-electron chi connectivity index (χ4n) is 2.91. The van der Waals surface area contributed by atoms with Gasteiger partial charge in [-0.05, 0) is 48.2 Å². The van der Waals surface area contributed by atoms with E-state index in [9.17, 15) is 9.59 Å². The first-order valence-electron chi connectivity index (χ1n) is 9.32. The van der Waals surface area contributed by atoms with Crippen molar-refractivity contribution in [3.8, 4) is 0 Å². The summed E-state index contributed by atoms with van der Waals surface area (Å²) in [5.74, 6) is -0.369.